The lowest BCUT2D eigenvalue weighted by atomic mass is 10.1. The van der Waals surface area contributed by atoms with Gasteiger partial charge >= 0.3 is 5.69 Å². The molecule has 22 heavy (non-hydrogen) atoms. The van der Waals surface area contributed by atoms with Crippen LogP contribution in [0.1, 0.15) is 11.7 Å². The summed E-state index contributed by atoms with van der Waals surface area (Å²) in [5.41, 5.74) is 0.975. The van der Waals surface area contributed by atoms with Gasteiger partial charge in [-0.25, -0.2) is 14.3 Å². The number of benzene rings is 1. The highest BCUT2D eigenvalue weighted by Crippen LogP contribution is 2.09. The second kappa shape index (κ2) is 5.61. The summed E-state index contributed by atoms with van der Waals surface area (Å²) in [5.74, 6) is 0. The zero-order valence-electron chi connectivity index (χ0n) is 12.4. The van der Waals surface area contributed by atoms with E-state index in [9.17, 15) is 9.59 Å². The van der Waals surface area contributed by atoms with Gasteiger partial charge in [-0.05, 0) is 12.6 Å². The van der Waals surface area contributed by atoms with Crippen LogP contribution in [0, 0.1) is 0 Å². The summed E-state index contributed by atoms with van der Waals surface area (Å²) >= 11 is 0. The molecule has 3 aromatic rings. The monoisotopic (exact) mass is 299 g/mol. The van der Waals surface area contributed by atoms with Crippen molar-refractivity contribution in [1.82, 2.24) is 24.4 Å². The number of aryl methyl sites for hydroxylation is 1. The van der Waals surface area contributed by atoms with Crippen LogP contribution in [0.15, 0.2) is 46.2 Å². The molecular weight excluding hydrogens is 282 g/mol. The summed E-state index contributed by atoms with van der Waals surface area (Å²) < 4.78 is 2.61. The minimum atomic E-state index is -0.429. The Morgan fingerprint density at radius 3 is 2.68 bits per heavy atom. The van der Waals surface area contributed by atoms with Crippen molar-refractivity contribution in [2.75, 3.05) is 7.05 Å². The van der Waals surface area contributed by atoms with Gasteiger partial charge in [-0.3, -0.25) is 14.7 Å². The number of aromatic nitrogens is 4. The van der Waals surface area contributed by atoms with Crippen molar-refractivity contribution in [3.8, 4) is 0 Å². The van der Waals surface area contributed by atoms with Gasteiger partial charge in [-0.1, -0.05) is 30.3 Å². The molecule has 1 unspecified atom stereocenters. The number of imidazole rings is 1. The number of hydrogen-bond acceptors (Lipinski definition) is 4. The maximum atomic E-state index is 12.6. The molecule has 7 nitrogen and oxygen atoms in total. The van der Waals surface area contributed by atoms with E-state index in [2.05, 4.69) is 15.3 Å². The smallest absolute Gasteiger partial charge is 0.333 e. The van der Waals surface area contributed by atoms with Crippen molar-refractivity contribution < 1.29 is 0 Å². The van der Waals surface area contributed by atoms with Crippen molar-refractivity contribution in [3.63, 3.8) is 0 Å². The van der Waals surface area contributed by atoms with Crippen LogP contribution >= 0.6 is 0 Å². The van der Waals surface area contributed by atoms with E-state index in [1.165, 1.54) is 15.5 Å². The van der Waals surface area contributed by atoms with E-state index in [4.69, 9.17) is 0 Å². The van der Waals surface area contributed by atoms with E-state index >= 15 is 0 Å². The van der Waals surface area contributed by atoms with Crippen LogP contribution in [0.3, 0.4) is 0 Å². The van der Waals surface area contributed by atoms with Crippen LogP contribution in [-0.4, -0.2) is 26.1 Å². The molecule has 0 aliphatic heterocycles. The normalized spacial score (nSPS) is 12.6. The van der Waals surface area contributed by atoms with E-state index in [1.54, 1.807) is 14.1 Å². The SMILES string of the molecule is CNC(Cc1ccccc1)n1c(=O)c2[nH]cnc2n(C)c1=O. The molecule has 0 aliphatic rings. The molecule has 7 heteroatoms. The maximum Gasteiger partial charge on any atom is 0.333 e. The van der Waals surface area contributed by atoms with E-state index in [-0.39, 0.29) is 11.2 Å². The van der Waals surface area contributed by atoms with E-state index in [1.807, 2.05) is 30.3 Å². The van der Waals surface area contributed by atoms with Crippen molar-refractivity contribution in [2.45, 2.75) is 12.6 Å². The molecule has 114 valence electrons. The molecule has 1 aromatic carbocycles. The summed E-state index contributed by atoms with van der Waals surface area (Å²) in [7, 11) is 3.34. The average molecular weight is 299 g/mol. The van der Waals surface area contributed by atoms with Crippen molar-refractivity contribution >= 4 is 11.2 Å². The van der Waals surface area contributed by atoms with Crippen LogP contribution in [0.4, 0.5) is 0 Å². The van der Waals surface area contributed by atoms with Gasteiger partial charge in [-0.2, -0.15) is 0 Å². The van der Waals surface area contributed by atoms with E-state index in [0.717, 1.165) is 5.56 Å². The Hall–Kier alpha value is -2.67. The number of nitrogens with one attached hydrogen (secondary N) is 2. The Balaban J connectivity index is 2.15. The number of nitrogens with zero attached hydrogens (tertiary/aromatic N) is 3. The third kappa shape index (κ3) is 2.25. The van der Waals surface area contributed by atoms with Crippen molar-refractivity contribution in [1.29, 1.82) is 0 Å². The number of rotatable bonds is 4. The first kappa shape index (κ1) is 14.3. The fourth-order valence-corrected chi connectivity index (χ4v) is 2.59. The quantitative estimate of drug-likeness (QED) is 0.729. The molecule has 2 N–H and O–H groups in total. The standard InChI is InChI=1S/C15H17N5O2/c1-16-11(8-10-6-4-3-5-7-10)20-14(21)12-13(18-9-17-12)19(2)15(20)22/h3-7,9,11,16H,8H2,1-2H3,(H,17,18). The second-order valence-corrected chi connectivity index (χ2v) is 5.11. The molecule has 0 radical (unpaired) electrons. The van der Waals surface area contributed by atoms with Crippen LogP contribution in [0.5, 0.6) is 0 Å². The highest BCUT2D eigenvalue weighted by molar-refractivity contribution is 5.68. The Labute approximate surface area is 126 Å². The molecule has 0 fully saturated rings. The van der Waals surface area contributed by atoms with Gasteiger partial charge < -0.3 is 4.98 Å². The first-order valence-corrected chi connectivity index (χ1v) is 6.99. The van der Waals surface area contributed by atoms with Crippen LogP contribution < -0.4 is 16.6 Å². The Morgan fingerprint density at radius 2 is 2.00 bits per heavy atom. The lowest BCUT2D eigenvalue weighted by molar-refractivity contribution is 0.400. The molecule has 2 aromatic heterocycles. The van der Waals surface area contributed by atoms with Crippen LogP contribution in [0.2, 0.25) is 0 Å². The zero-order chi connectivity index (χ0) is 15.7. The topological polar surface area (TPSA) is 84.7 Å². The minimum Gasteiger partial charge on any atom is -0.339 e. The largest absolute Gasteiger partial charge is 0.339 e. The fraction of sp³-hybridized carbons (Fsp3) is 0.267. The van der Waals surface area contributed by atoms with Gasteiger partial charge in [0, 0.05) is 13.5 Å². The third-order valence-electron chi connectivity index (χ3n) is 3.78. The first-order valence-electron chi connectivity index (χ1n) is 6.99. The predicted octanol–water partition coefficient (Wildman–Crippen LogP) is 0.384. The van der Waals surface area contributed by atoms with Gasteiger partial charge in [0.1, 0.15) is 5.52 Å². The second-order valence-electron chi connectivity index (χ2n) is 5.11. The fourth-order valence-electron chi connectivity index (χ4n) is 2.59. The predicted molar refractivity (Wildman–Crippen MR) is 83.8 cm³/mol. The number of likely N-dealkylation sites (N-methyl/N-ethyl adjacent to an activating group) is 1. The Morgan fingerprint density at radius 1 is 1.27 bits per heavy atom. The summed E-state index contributed by atoms with van der Waals surface area (Å²) in [5, 5.41) is 3.05. The summed E-state index contributed by atoms with van der Waals surface area (Å²) in [6.45, 7) is 0. The Kier molecular flexibility index (Phi) is 3.64. The molecule has 0 amide bonds. The maximum absolute atomic E-state index is 12.6. The van der Waals surface area contributed by atoms with Gasteiger partial charge in [0.15, 0.2) is 5.65 Å². The third-order valence-corrected chi connectivity index (χ3v) is 3.78. The molecule has 0 spiro atoms. The van der Waals surface area contributed by atoms with Gasteiger partial charge in [0.25, 0.3) is 5.56 Å². The highest BCUT2D eigenvalue weighted by Gasteiger charge is 2.19. The molecule has 0 aliphatic carbocycles. The van der Waals surface area contributed by atoms with E-state index < -0.39 is 6.17 Å². The van der Waals surface area contributed by atoms with Crippen molar-refractivity contribution in [3.05, 3.63) is 63.1 Å². The lowest BCUT2D eigenvalue weighted by Gasteiger charge is -2.19. The molecule has 0 bridgehead atoms. The molecule has 2 heterocycles. The molecule has 0 saturated heterocycles. The summed E-state index contributed by atoms with van der Waals surface area (Å²) in [6.07, 6.45) is 1.52. The van der Waals surface area contributed by atoms with Gasteiger partial charge in [-0.15, -0.1) is 0 Å². The Bertz CT molecular complexity index is 907. The molecule has 0 saturated carbocycles. The lowest BCUT2D eigenvalue weighted by Crippen LogP contribution is -2.46. The average Bonchev–Trinajstić information content (AvgIpc) is 3.03. The van der Waals surface area contributed by atoms with Crippen molar-refractivity contribution in [2.24, 2.45) is 7.05 Å². The first-order chi connectivity index (χ1) is 10.6. The molecule has 3 rings (SSSR count). The number of aromatic amines is 1. The number of fused-ring (bicyclic) bond motifs is 1. The number of H-pyrrole nitrogens is 1. The summed E-state index contributed by atoms with van der Waals surface area (Å²) in [4.78, 5) is 31.9. The summed E-state index contributed by atoms with van der Waals surface area (Å²) in [6, 6.07) is 9.73. The number of hydrogen-bond donors (Lipinski definition) is 2. The van der Waals surface area contributed by atoms with Crippen LogP contribution in [0.25, 0.3) is 11.2 Å². The molecular formula is C15H17N5O2. The highest BCUT2D eigenvalue weighted by atomic mass is 16.2. The van der Waals surface area contributed by atoms with Gasteiger partial charge in [0.2, 0.25) is 0 Å². The van der Waals surface area contributed by atoms with Gasteiger partial charge in [0.05, 0.1) is 12.5 Å². The minimum absolute atomic E-state index is 0.329. The van der Waals surface area contributed by atoms with E-state index in [0.29, 0.717) is 17.6 Å². The van der Waals surface area contributed by atoms with Crippen LogP contribution in [-0.2, 0) is 13.5 Å². The zero-order valence-corrected chi connectivity index (χ0v) is 12.4. The molecule has 1 atom stereocenters.